The van der Waals surface area contributed by atoms with Crippen LogP contribution in [0.25, 0.3) is 0 Å². The van der Waals surface area contributed by atoms with Crippen LogP contribution in [0.1, 0.15) is 19.3 Å². The normalized spacial score (nSPS) is 33.8. The van der Waals surface area contributed by atoms with Gasteiger partial charge in [0.25, 0.3) is 0 Å². The van der Waals surface area contributed by atoms with E-state index in [0.717, 1.165) is 18.2 Å². The smallest absolute Gasteiger partial charge is 0.312 e. The first-order valence-corrected chi connectivity index (χ1v) is 10.6. The Labute approximate surface area is 171 Å². The van der Waals surface area contributed by atoms with Crippen LogP contribution >= 0.6 is 11.6 Å². The minimum absolute atomic E-state index is 0.0882. The molecule has 2 fully saturated rings. The number of benzene rings is 1. The maximum absolute atomic E-state index is 13.3. The molecule has 3 rings (SSSR count). The van der Waals surface area contributed by atoms with Crippen molar-refractivity contribution in [2.75, 3.05) is 7.11 Å². The van der Waals surface area contributed by atoms with E-state index in [0.29, 0.717) is 0 Å². The lowest BCUT2D eigenvalue weighted by Gasteiger charge is -2.31. The standard InChI is InChI=1S/C18H18ClFN2O6S/c1-28-14-5-10(29(26,27)12-3-2-9(20)4-11(12)19)6-18(14,16(24)25)13-7-17(13,8-21)15(22)23/h2-4,10,13-14H,5-7H2,1H3,(H2,22,23)(H,24,25)/t10-,13?,14+,17?,18+/m0/s1. The number of nitriles is 1. The number of halogens is 2. The fourth-order valence-corrected chi connectivity index (χ4v) is 6.91. The van der Waals surface area contributed by atoms with Crippen LogP contribution in [-0.4, -0.2) is 43.9 Å². The number of rotatable bonds is 6. The van der Waals surface area contributed by atoms with Crippen LogP contribution in [0, 0.1) is 33.9 Å². The number of carbonyl (C=O) groups excluding carboxylic acids is 1. The summed E-state index contributed by atoms with van der Waals surface area (Å²) in [6.07, 6.45) is -1.73. The van der Waals surface area contributed by atoms with Gasteiger partial charge < -0.3 is 15.6 Å². The van der Waals surface area contributed by atoms with Gasteiger partial charge in [0.2, 0.25) is 5.91 Å². The number of methoxy groups -OCH3 is 1. The van der Waals surface area contributed by atoms with E-state index in [1.165, 1.54) is 7.11 Å². The maximum atomic E-state index is 13.3. The first kappa shape index (κ1) is 21.5. The van der Waals surface area contributed by atoms with Gasteiger partial charge in [0, 0.05) is 13.0 Å². The zero-order chi connectivity index (χ0) is 21.8. The molecule has 2 unspecified atom stereocenters. The highest BCUT2D eigenvalue weighted by Crippen LogP contribution is 2.66. The van der Waals surface area contributed by atoms with Crippen LogP contribution in [0.5, 0.6) is 0 Å². The Hall–Kier alpha value is -2.22. The van der Waals surface area contributed by atoms with Crippen molar-refractivity contribution in [3.05, 3.63) is 29.0 Å². The van der Waals surface area contributed by atoms with Crippen LogP contribution in [0.3, 0.4) is 0 Å². The predicted octanol–water partition coefficient (Wildman–Crippen LogP) is 1.52. The number of carboxylic acids is 1. The lowest BCUT2D eigenvalue weighted by atomic mass is 9.75. The average molecular weight is 445 g/mol. The topological polar surface area (TPSA) is 148 Å². The monoisotopic (exact) mass is 444 g/mol. The summed E-state index contributed by atoms with van der Waals surface area (Å²) >= 11 is 5.91. The van der Waals surface area contributed by atoms with Gasteiger partial charge >= 0.3 is 5.97 Å². The molecule has 3 N–H and O–H groups in total. The largest absolute Gasteiger partial charge is 0.481 e. The minimum Gasteiger partial charge on any atom is -0.481 e. The summed E-state index contributed by atoms with van der Waals surface area (Å²) in [5.74, 6) is -4.01. The molecule has 5 atom stereocenters. The van der Waals surface area contributed by atoms with Crippen LogP contribution in [0.4, 0.5) is 4.39 Å². The van der Waals surface area contributed by atoms with Gasteiger partial charge in [-0.05, 0) is 37.5 Å². The number of carbonyl (C=O) groups is 2. The van der Waals surface area contributed by atoms with Gasteiger partial charge in [-0.2, -0.15) is 5.26 Å². The van der Waals surface area contributed by atoms with E-state index in [1.54, 1.807) is 6.07 Å². The first-order valence-electron chi connectivity index (χ1n) is 8.63. The molecule has 156 valence electrons. The predicted molar refractivity (Wildman–Crippen MR) is 97.8 cm³/mol. The van der Waals surface area contributed by atoms with Gasteiger partial charge in [-0.15, -0.1) is 0 Å². The van der Waals surface area contributed by atoms with E-state index in [4.69, 9.17) is 22.1 Å². The van der Waals surface area contributed by atoms with Crippen LogP contribution in [0.15, 0.2) is 23.1 Å². The second kappa shape index (κ2) is 6.93. The van der Waals surface area contributed by atoms with E-state index in [1.807, 2.05) is 0 Å². The van der Waals surface area contributed by atoms with Gasteiger partial charge in [-0.1, -0.05) is 11.6 Å². The Morgan fingerprint density at radius 2 is 2.07 bits per heavy atom. The highest BCUT2D eigenvalue weighted by molar-refractivity contribution is 7.92. The summed E-state index contributed by atoms with van der Waals surface area (Å²) in [5.41, 5.74) is 1.86. The van der Waals surface area contributed by atoms with E-state index in [9.17, 15) is 32.8 Å². The van der Waals surface area contributed by atoms with Gasteiger partial charge in [-0.3, -0.25) is 9.59 Å². The van der Waals surface area contributed by atoms with Gasteiger partial charge in [-0.25, -0.2) is 12.8 Å². The van der Waals surface area contributed by atoms with Crippen molar-refractivity contribution >= 4 is 33.3 Å². The highest BCUT2D eigenvalue weighted by Gasteiger charge is 2.75. The molecule has 2 saturated carbocycles. The highest BCUT2D eigenvalue weighted by atomic mass is 35.5. The number of amides is 1. The molecule has 8 nitrogen and oxygen atoms in total. The van der Waals surface area contributed by atoms with Crippen molar-refractivity contribution < 1.29 is 32.2 Å². The Kier molecular flexibility index (Phi) is 5.14. The molecule has 29 heavy (non-hydrogen) atoms. The number of ether oxygens (including phenoxy) is 1. The molecule has 2 aliphatic carbocycles. The maximum Gasteiger partial charge on any atom is 0.312 e. The molecule has 1 aromatic rings. The summed E-state index contributed by atoms with van der Waals surface area (Å²) in [4.78, 5) is 23.8. The van der Waals surface area contributed by atoms with Crippen LogP contribution in [0.2, 0.25) is 5.02 Å². The number of hydrogen-bond acceptors (Lipinski definition) is 6. The van der Waals surface area contributed by atoms with Gasteiger partial charge in [0.1, 0.15) is 16.6 Å². The molecule has 0 spiro atoms. The molecule has 1 aromatic carbocycles. The number of aliphatic carboxylic acids is 1. The van der Waals surface area contributed by atoms with Crippen molar-refractivity contribution in [3.8, 4) is 6.07 Å². The second-order valence-corrected chi connectivity index (χ2v) is 10.1. The number of nitrogens with two attached hydrogens (primary N) is 1. The third-order valence-corrected chi connectivity index (χ3v) is 8.79. The van der Waals surface area contributed by atoms with E-state index >= 15 is 0 Å². The number of carboxylic acid groups (broad SMARTS) is 1. The number of sulfone groups is 1. The van der Waals surface area contributed by atoms with Crippen molar-refractivity contribution in [2.45, 2.75) is 35.5 Å². The average Bonchev–Trinajstić information content (AvgIpc) is 3.26. The Balaban J connectivity index is 2.05. The summed E-state index contributed by atoms with van der Waals surface area (Å²) in [6, 6.07) is 4.62. The fraction of sp³-hybridized carbons (Fsp3) is 0.500. The van der Waals surface area contributed by atoms with Crippen molar-refractivity contribution in [1.82, 2.24) is 0 Å². The third-order valence-electron chi connectivity index (χ3n) is 6.16. The third kappa shape index (κ3) is 2.99. The van der Waals surface area contributed by atoms with E-state index in [-0.39, 0.29) is 22.8 Å². The summed E-state index contributed by atoms with van der Waals surface area (Å²) < 4.78 is 44.9. The van der Waals surface area contributed by atoms with Gasteiger partial charge in [0.05, 0.1) is 27.3 Å². The zero-order valence-corrected chi connectivity index (χ0v) is 16.8. The van der Waals surface area contributed by atoms with Crippen LogP contribution < -0.4 is 5.73 Å². The Bertz CT molecular complexity index is 1040. The lowest BCUT2D eigenvalue weighted by Crippen LogP contribution is -2.44. The van der Waals surface area contributed by atoms with Crippen molar-refractivity contribution in [3.63, 3.8) is 0 Å². The zero-order valence-electron chi connectivity index (χ0n) is 15.3. The lowest BCUT2D eigenvalue weighted by molar-refractivity contribution is -0.159. The Morgan fingerprint density at radius 3 is 2.52 bits per heavy atom. The molecule has 11 heteroatoms. The second-order valence-electron chi connectivity index (χ2n) is 7.46. The van der Waals surface area contributed by atoms with Gasteiger partial charge in [0.15, 0.2) is 9.84 Å². The number of hydrogen-bond donors (Lipinski definition) is 2. The fourth-order valence-electron chi connectivity index (χ4n) is 4.55. The molecular formula is C18H18ClFN2O6S. The molecule has 2 aliphatic rings. The van der Waals surface area contributed by atoms with Crippen LogP contribution in [-0.2, 0) is 24.2 Å². The molecule has 0 bridgehead atoms. The molecular weight excluding hydrogens is 427 g/mol. The van der Waals surface area contributed by atoms with Crippen molar-refractivity contribution in [1.29, 1.82) is 5.26 Å². The molecule has 0 aliphatic heterocycles. The van der Waals surface area contributed by atoms with E-state index in [2.05, 4.69) is 0 Å². The number of nitrogens with zero attached hydrogens (tertiary/aromatic N) is 1. The quantitative estimate of drug-likeness (QED) is 0.632. The number of primary amides is 1. The molecule has 0 radical (unpaired) electrons. The summed E-state index contributed by atoms with van der Waals surface area (Å²) in [6.45, 7) is 0. The SMILES string of the molecule is CO[C@@H]1C[C@H](S(=O)(=O)c2ccc(F)cc2Cl)C[C@@]1(C(=O)O)C1CC1(C#N)C(N)=O. The first-order chi connectivity index (χ1) is 13.5. The summed E-state index contributed by atoms with van der Waals surface area (Å²) in [5, 5.41) is 17.9. The molecule has 0 saturated heterocycles. The Morgan fingerprint density at radius 1 is 1.41 bits per heavy atom. The van der Waals surface area contributed by atoms with Crippen molar-refractivity contribution in [2.24, 2.45) is 22.5 Å². The summed E-state index contributed by atoms with van der Waals surface area (Å²) in [7, 11) is -2.91. The molecule has 0 heterocycles. The molecule has 0 aromatic heterocycles. The molecule has 1 amide bonds. The minimum atomic E-state index is -4.14. The van der Waals surface area contributed by atoms with E-state index < -0.39 is 62.1 Å².